The maximum Gasteiger partial charge on any atom is 0.141 e. The Morgan fingerprint density at radius 1 is 1.44 bits per heavy atom. The number of hydrogen-bond acceptors (Lipinski definition) is 3. The SMILES string of the molecule is CCCc1nc(COc2ccc(Br)c(F)c2)cs1. The maximum absolute atomic E-state index is 13.3. The first kappa shape index (κ1) is 13.5. The van der Waals surface area contributed by atoms with Gasteiger partial charge in [-0.2, -0.15) is 0 Å². The highest BCUT2D eigenvalue weighted by Crippen LogP contribution is 2.22. The van der Waals surface area contributed by atoms with E-state index in [4.69, 9.17) is 4.74 Å². The fourth-order valence-electron chi connectivity index (χ4n) is 1.47. The highest BCUT2D eigenvalue weighted by Gasteiger charge is 2.04. The summed E-state index contributed by atoms with van der Waals surface area (Å²) in [4.78, 5) is 4.45. The predicted molar refractivity (Wildman–Crippen MR) is 74.5 cm³/mol. The molecule has 1 aromatic carbocycles. The maximum atomic E-state index is 13.3. The van der Waals surface area contributed by atoms with Crippen LogP contribution in [0.1, 0.15) is 24.0 Å². The molecule has 0 bridgehead atoms. The smallest absolute Gasteiger partial charge is 0.141 e. The summed E-state index contributed by atoms with van der Waals surface area (Å²) in [6, 6.07) is 4.73. The molecule has 2 nitrogen and oxygen atoms in total. The van der Waals surface area contributed by atoms with Crippen molar-refractivity contribution in [1.29, 1.82) is 0 Å². The molecular formula is C13H13BrFNOS. The van der Waals surface area contributed by atoms with Gasteiger partial charge in [-0.1, -0.05) is 6.92 Å². The Balaban J connectivity index is 1.95. The third kappa shape index (κ3) is 3.53. The number of aryl methyl sites for hydroxylation is 1. The molecule has 0 saturated carbocycles. The van der Waals surface area contributed by atoms with Gasteiger partial charge in [0.25, 0.3) is 0 Å². The lowest BCUT2D eigenvalue weighted by Crippen LogP contribution is -1.96. The molecule has 5 heteroatoms. The number of nitrogens with zero attached hydrogens (tertiary/aromatic N) is 1. The Labute approximate surface area is 118 Å². The van der Waals surface area contributed by atoms with Crippen molar-refractivity contribution in [1.82, 2.24) is 4.98 Å². The number of aromatic nitrogens is 1. The van der Waals surface area contributed by atoms with Gasteiger partial charge in [0.15, 0.2) is 0 Å². The summed E-state index contributed by atoms with van der Waals surface area (Å²) in [5.74, 6) is 0.193. The first-order chi connectivity index (χ1) is 8.69. The Kier molecular flexibility index (Phi) is 4.72. The summed E-state index contributed by atoms with van der Waals surface area (Å²) in [6.07, 6.45) is 2.09. The van der Waals surface area contributed by atoms with Crippen molar-refractivity contribution in [3.8, 4) is 5.75 Å². The molecule has 0 fully saturated rings. The monoisotopic (exact) mass is 329 g/mol. The minimum Gasteiger partial charge on any atom is -0.487 e. The van der Waals surface area contributed by atoms with Crippen LogP contribution in [0, 0.1) is 5.82 Å². The van der Waals surface area contributed by atoms with Crippen molar-refractivity contribution in [2.24, 2.45) is 0 Å². The molecule has 1 aromatic heterocycles. The van der Waals surface area contributed by atoms with Gasteiger partial charge in [-0.05, 0) is 40.9 Å². The third-order valence-electron chi connectivity index (χ3n) is 2.34. The van der Waals surface area contributed by atoms with Crippen molar-refractivity contribution in [3.63, 3.8) is 0 Å². The van der Waals surface area contributed by atoms with Crippen molar-refractivity contribution >= 4 is 27.3 Å². The molecule has 0 N–H and O–H groups in total. The van der Waals surface area contributed by atoms with Crippen LogP contribution in [0.3, 0.4) is 0 Å². The number of benzene rings is 1. The van der Waals surface area contributed by atoms with Gasteiger partial charge in [-0.3, -0.25) is 0 Å². The van der Waals surface area contributed by atoms with E-state index in [0.29, 0.717) is 16.8 Å². The third-order valence-corrected chi connectivity index (χ3v) is 3.94. The fourth-order valence-corrected chi connectivity index (χ4v) is 2.60. The summed E-state index contributed by atoms with van der Waals surface area (Å²) in [7, 11) is 0. The molecule has 0 aliphatic rings. The quantitative estimate of drug-likeness (QED) is 0.801. The van der Waals surface area contributed by atoms with Crippen LogP contribution in [0.15, 0.2) is 28.1 Å². The van der Waals surface area contributed by atoms with Gasteiger partial charge in [-0.25, -0.2) is 9.37 Å². The fraction of sp³-hybridized carbons (Fsp3) is 0.308. The van der Waals surface area contributed by atoms with E-state index in [1.807, 2.05) is 5.38 Å². The van der Waals surface area contributed by atoms with Crippen LogP contribution in [0.5, 0.6) is 5.75 Å². The molecule has 2 rings (SSSR count). The lowest BCUT2D eigenvalue weighted by Gasteiger charge is -2.04. The Morgan fingerprint density at radius 3 is 3.00 bits per heavy atom. The van der Waals surface area contributed by atoms with Crippen molar-refractivity contribution in [3.05, 3.63) is 44.6 Å². The van der Waals surface area contributed by atoms with Crippen LogP contribution in [0.4, 0.5) is 4.39 Å². The number of rotatable bonds is 5. The van der Waals surface area contributed by atoms with Gasteiger partial charge >= 0.3 is 0 Å². The zero-order valence-electron chi connectivity index (χ0n) is 9.95. The second-order valence-corrected chi connectivity index (χ2v) is 5.64. The largest absolute Gasteiger partial charge is 0.487 e. The van der Waals surface area contributed by atoms with Gasteiger partial charge in [0.05, 0.1) is 15.2 Å². The number of ether oxygens (including phenoxy) is 1. The summed E-state index contributed by atoms with van der Waals surface area (Å²) in [5.41, 5.74) is 0.895. The van der Waals surface area contributed by atoms with Crippen LogP contribution in [-0.2, 0) is 13.0 Å². The molecule has 0 saturated heterocycles. The molecule has 0 amide bonds. The van der Waals surface area contributed by atoms with Crippen molar-refractivity contribution in [2.75, 3.05) is 0 Å². The summed E-state index contributed by atoms with van der Waals surface area (Å²) >= 11 is 4.75. The van der Waals surface area contributed by atoms with Crippen molar-refractivity contribution in [2.45, 2.75) is 26.4 Å². The molecule has 0 aliphatic heterocycles. The highest BCUT2D eigenvalue weighted by atomic mass is 79.9. The molecule has 0 spiro atoms. The minimum atomic E-state index is -0.322. The second kappa shape index (κ2) is 6.29. The van der Waals surface area contributed by atoms with Crippen molar-refractivity contribution < 1.29 is 9.13 Å². The summed E-state index contributed by atoms with van der Waals surface area (Å²) < 4.78 is 19.2. The van der Waals surface area contributed by atoms with E-state index in [2.05, 4.69) is 27.8 Å². The molecular weight excluding hydrogens is 317 g/mol. The zero-order chi connectivity index (χ0) is 13.0. The van der Waals surface area contributed by atoms with E-state index >= 15 is 0 Å². The molecule has 18 heavy (non-hydrogen) atoms. The van der Waals surface area contributed by atoms with E-state index in [0.717, 1.165) is 23.5 Å². The van der Waals surface area contributed by atoms with Gasteiger partial charge in [0, 0.05) is 11.4 Å². The van der Waals surface area contributed by atoms with E-state index in [9.17, 15) is 4.39 Å². The minimum absolute atomic E-state index is 0.322. The zero-order valence-corrected chi connectivity index (χ0v) is 12.4. The van der Waals surface area contributed by atoms with Crippen LogP contribution in [-0.4, -0.2) is 4.98 Å². The average molecular weight is 330 g/mol. The van der Waals surface area contributed by atoms with Gasteiger partial charge in [0.1, 0.15) is 18.2 Å². The van der Waals surface area contributed by atoms with Gasteiger partial charge < -0.3 is 4.74 Å². The van der Waals surface area contributed by atoms with Crippen LogP contribution in [0.25, 0.3) is 0 Å². The van der Waals surface area contributed by atoms with Gasteiger partial charge in [-0.15, -0.1) is 11.3 Å². The van der Waals surface area contributed by atoms with E-state index in [1.54, 1.807) is 23.5 Å². The van der Waals surface area contributed by atoms with E-state index in [1.165, 1.54) is 6.07 Å². The first-order valence-corrected chi connectivity index (χ1v) is 7.37. The lowest BCUT2D eigenvalue weighted by atomic mass is 10.3. The van der Waals surface area contributed by atoms with E-state index in [-0.39, 0.29) is 5.82 Å². The van der Waals surface area contributed by atoms with Crippen LogP contribution < -0.4 is 4.74 Å². The van der Waals surface area contributed by atoms with E-state index < -0.39 is 0 Å². The number of thiazole rings is 1. The topological polar surface area (TPSA) is 22.1 Å². The van der Waals surface area contributed by atoms with Crippen LogP contribution >= 0.6 is 27.3 Å². The average Bonchev–Trinajstić information content (AvgIpc) is 2.79. The number of halogens is 2. The molecule has 96 valence electrons. The molecule has 0 aliphatic carbocycles. The lowest BCUT2D eigenvalue weighted by molar-refractivity contribution is 0.300. The molecule has 1 heterocycles. The highest BCUT2D eigenvalue weighted by molar-refractivity contribution is 9.10. The summed E-state index contributed by atoms with van der Waals surface area (Å²) in [6.45, 7) is 2.50. The molecule has 0 atom stereocenters. The predicted octanol–water partition coefficient (Wildman–Crippen LogP) is 4.58. The first-order valence-electron chi connectivity index (χ1n) is 5.70. The number of hydrogen-bond donors (Lipinski definition) is 0. The molecule has 2 aromatic rings. The standard InChI is InChI=1S/C13H13BrFNOS/c1-2-3-13-16-9(8-18-13)7-17-10-4-5-11(14)12(15)6-10/h4-6,8H,2-3,7H2,1H3. The Bertz CT molecular complexity index is 529. The Morgan fingerprint density at radius 2 is 2.28 bits per heavy atom. The Hall–Kier alpha value is -0.940. The van der Waals surface area contributed by atoms with Gasteiger partial charge in [0.2, 0.25) is 0 Å². The summed E-state index contributed by atoms with van der Waals surface area (Å²) in [5, 5.41) is 3.11. The van der Waals surface area contributed by atoms with Crippen LogP contribution in [0.2, 0.25) is 0 Å². The molecule has 0 unspecified atom stereocenters. The second-order valence-electron chi connectivity index (χ2n) is 3.85. The molecule has 0 radical (unpaired) electrons. The normalized spacial score (nSPS) is 10.6.